The van der Waals surface area contributed by atoms with E-state index in [4.69, 9.17) is 0 Å². The first-order chi connectivity index (χ1) is 19.4. The van der Waals surface area contributed by atoms with E-state index in [0.29, 0.717) is 0 Å². The minimum absolute atomic E-state index is 1.41. The van der Waals surface area contributed by atoms with Crippen molar-refractivity contribution in [2.75, 3.05) is 0 Å². The Kier molecular flexibility index (Phi) is 6.68. The summed E-state index contributed by atoms with van der Waals surface area (Å²) < 4.78 is 0. The van der Waals surface area contributed by atoms with Crippen LogP contribution in [0.2, 0.25) is 78.6 Å². The summed E-state index contributed by atoms with van der Waals surface area (Å²) in [7, 11) is -5.95. The van der Waals surface area contributed by atoms with E-state index >= 15 is 0 Å². The van der Waals surface area contributed by atoms with Gasteiger partial charge in [-0.3, -0.25) is 0 Å². The number of rotatable bonds is 4. The maximum atomic E-state index is 2.57. The second-order valence-corrected chi connectivity index (χ2v) is 37.1. The molecule has 0 radical (unpaired) electrons. The predicted octanol–water partition coefficient (Wildman–Crippen LogP) is 9.63. The van der Waals surface area contributed by atoms with Crippen LogP contribution in [0.1, 0.15) is 0 Å². The molecular formula is C38H48Si4. The van der Waals surface area contributed by atoms with Gasteiger partial charge in [0.05, 0.1) is 32.3 Å². The van der Waals surface area contributed by atoms with Crippen LogP contribution < -0.4 is 20.7 Å². The minimum atomic E-state index is -1.49. The van der Waals surface area contributed by atoms with Crippen LogP contribution in [0.4, 0.5) is 0 Å². The van der Waals surface area contributed by atoms with Gasteiger partial charge < -0.3 is 0 Å². The van der Waals surface area contributed by atoms with E-state index < -0.39 is 32.3 Å². The molecular weight excluding hydrogens is 569 g/mol. The molecule has 0 nitrogen and oxygen atoms in total. The average molecular weight is 617 g/mol. The lowest BCUT2D eigenvalue weighted by atomic mass is 9.87. The quantitative estimate of drug-likeness (QED) is 0.137. The number of hydrogen-bond acceptors (Lipinski definition) is 0. The van der Waals surface area contributed by atoms with Crippen LogP contribution in [0.5, 0.6) is 0 Å². The summed E-state index contributed by atoms with van der Waals surface area (Å²) >= 11 is 0. The second kappa shape index (κ2) is 9.49. The van der Waals surface area contributed by atoms with Gasteiger partial charge in [0, 0.05) is 0 Å². The Balaban J connectivity index is 1.94. The van der Waals surface area contributed by atoms with Gasteiger partial charge >= 0.3 is 0 Å². The fourth-order valence-corrected chi connectivity index (χ4v) is 11.3. The Hall–Kier alpha value is -2.51. The van der Waals surface area contributed by atoms with E-state index in [2.05, 4.69) is 151 Å². The van der Waals surface area contributed by atoms with Gasteiger partial charge in [-0.1, -0.05) is 172 Å². The van der Waals surface area contributed by atoms with Crippen LogP contribution in [0.3, 0.4) is 0 Å². The topological polar surface area (TPSA) is 0 Å². The maximum Gasteiger partial charge on any atom is 0.0776 e. The summed E-state index contributed by atoms with van der Waals surface area (Å²) in [4.78, 5) is 0. The van der Waals surface area contributed by atoms with Crippen LogP contribution in [0.15, 0.2) is 72.8 Å². The van der Waals surface area contributed by atoms with E-state index in [-0.39, 0.29) is 0 Å². The van der Waals surface area contributed by atoms with Crippen LogP contribution in [0, 0.1) is 0 Å². The minimum Gasteiger partial charge on any atom is -0.0656 e. The molecule has 42 heavy (non-hydrogen) atoms. The van der Waals surface area contributed by atoms with E-state index in [9.17, 15) is 0 Å². The lowest BCUT2D eigenvalue weighted by Gasteiger charge is -2.24. The molecule has 6 rings (SSSR count). The monoisotopic (exact) mass is 616 g/mol. The molecule has 0 spiro atoms. The lowest BCUT2D eigenvalue weighted by molar-refractivity contribution is 1.71. The summed E-state index contributed by atoms with van der Waals surface area (Å²) in [5.74, 6) is 0. The second-order valence-electron chi connectivity index (χ2n) is 16.8. The molecule has 0 aliphatic rings. The van der Waals surface area contributed by atoms with Crippen molar-refractivity contribution in [2.45, 2.75) is 78.6 Å². The van der Waals surface area contributed by atoms with Crippen molar-refractivity contribution in [1.82, 2.24) is 0 Å². The van der Waals surface area contributed by atoms with Crippen molar-refractivity contribution in [2.24, 2.45) is 0 Å². The molecule has 0 heterocycles. The van der Waals surface area contributed by atoms with E-state index in [1.54, 1.807) is 20.7 Å². The maximum absolute atomic E-state index is 2.57. The Morgan fingerprint density at radius 2 is 0.452 bits per heavy atom. The Labute approximate surface area is 257 Å². The zero-order valence-corrected chi connectivity index (χ0v) is 31.9. The van der Waals surface area contributed by atoms with Gasteiger partial charge in [0.1, 0.15) is 0 Å². The molecule has 0 fully saturated rings. The van der Waals surface area contributed by atoms with Crippen LogP contribution >= 0.6 is 0 Å². The molecule has 0 atom stereocenters. The van der Waals surface area contributed by atoms with Gasteiger partial charge in [0.15, 0.2) is 0 Å². The first kappa shape index (κ1) is 29.6. The summed E-state index contributed by atoms with van der Waals surface area (Å²) in [6.07, 6.45) is 0. The summed E-state index contributed by atoms with van der Waals surface area (Å²) in [6.45, 7) is 29.7. The van der Waals surface area contributed by atoms with Crippen LogP contribution in [-0.2, 0) is 0 Å². The van der Waals surface area contributed by atoms with E-state index in [1.807, 2.05) is 0 Å². The third kappa shape index (κ3) is 4.85. The van der Waals surface area contributed by atoms with Crippen LogP contribution in [0.25, 0.3) is 53.9 Å². The molecule has 0 bridgehead atoms. The molecule has 0 aliphatic heterocycles. The molecule has 6 aromatic carbocycles. The largest absolute Gasteiger partial charge is 0.0776 e. The predicted molar refractivity (Wildman–Crippen MR) is 206 cm³/mol. The molecule has 6 aromatic rings. The van der Waals surface area contributed by atoms with Gasteiger partial charge in [-0.05, 0) is 53.9 Å². The van der Waals surface area contributed by atoms with Crippen molar-refractivity contribution < 1.29 is 0 Å². The van der Waals surface area contributed by atoms with Gasteiger partial charge in [0.2, 0.25) is 0 Å². The highest BCUT2D eigenvalue weighted by atomic mass is 28.3. The van der Waals surface area contributed by atoms with Crippen molar-refractivity contribution in [3.63, 3.8) is 0 Å². The fraction of sp³-hybridized carbons (Fsp3) is 0.316. The zero-order chi connectivity index (χ0) is 30.6. The Morgan fingerprint density at radius 1 is 0.262 bits per heavy atom. The fourth-order valence-electron chi connectivity index (χ4n) is 6.64. The molecule has 0 aliphatic carbocycles. The average Bonchev–Trinajstić information content (AvgIpc) is 2.89. The molecule has 0 saturated heterocycles. The van der Waals surface area contributed by atoms with Crippen molar-refractivity contribution >= 4 is 107 Å². The summed E-state index contributed by atoms with van der Waals surface area (Å²) in [5, 5.41) is 20.4. The normalized spacial score (nSPS) is 13.7. The number of benzene rings is 6. The molecule has 0 saturated carbocycles. The lowest BCUT2D eigenvalue weighted by Crippen LogP contribution is -2.38. The summed E-state index contributed by atoms with van der Waals surface area (Å²) in [5.41, 5.74) is 0. The standard InChI is InChI=1S/C38H48Si4/c1-39(2,3)25-13-17-29-33(21-25)34-22-26(40(4,5)6)14-18-30(34)38-32-20-16-28(42(10,11)12)24-36(32)35-23-27(41(7,8)9)15-19-31(35)37(29)38/h13-24H,1-12H3. The molecule has 0 aromatic heterocycles. The van der Waals surface area contributed by atoms with Crippen molar-refractivity contribution in [3.05, 3.63) is 72.8 Å². The first-order valence-electron chi connectivity index (χ1n) is 15.7. The van der Waals surface area contributed by atoms with Crippen molar-refractivity contribution in [1.29, 1.82) is 0 Å². The molecule has 216 valence electrons. The Bertz CT molecular complexity index is 1760. The highest BCUT2D eigenvalue weighted by Gasteiger charge is 2.25. The van der Waals surface area contributed by atoms with Crippen LogP contribution in [-0.4, -0.2) is 32.3 Å². The van der Waals surface area contributed by atoms with E-state index in [1.165, 1.54) is 53.9 Å². The van der Waals surface area contributed by atoms with E-state index in [0.717, 1.165) is 0 Å². The number of hydrogen-bond donors (Lipinski definition) is 0. The zero-order valence-electron chi connectivity index (χ0n) is 27.9. The molecule has 0 N–H and O–H groups in total. The molecule has 4 heteroatoms. The number of fused-ring (bicyclic) bond motifs is 11. The smallest absolute Gasteiger partial charge is 0.0656 e. The summed E-state index contributed by atoms with van der Waals surface area (Å²) in [6, 6.07) is 29.9. The molecule has 0 unspecified atom stereocenters. The van der Waals surface area contributed by atoms with Gasteiger partial charge in [0.25, 0.3) is 0 Å². The van der Waals surface area contributed by atoms with Gasteiger partial charge in [-0.25, -0.2) is 0 Å². The highest BCUT2D eigenvalue weighted by molar-refractivity contribution is 6.90. The van der Waals surface area contributed by atoms with Gasteiger partial charge in [-0.2, -0.15) is 0 Å². The van der Waals surface area contributed by atoms with Crippen molar-refractivity contribution in [3.8, 4) is 0 Å². The molecule has 0 amide bonds. The Morgan fingerprint density at radius 3 is 0.619 bits per heavy atom. The first-order valence-corrected chi connectivity index (χ1v) is 29.7. The third-order valence-electron chi connectivity index (χ3n) is 9.45. The SMILES string of the molecule is C[Si](C)(C)c1ccc2c(c1)c1cc([Si](C)(C)C)ccc1c1c3ccc([Si](C)(C)C)cc3c3cc([Si](C)(C)C)ccc3c21. The highest BCUT2D eigenvalue weighted by Crippen LogP contribution is 2.43. The third-order valence-corrected chi connectivity index (χ3v) is 17.6. The van der Waals surface area contributed by atoms with Gasteiger partial charge in [-0.15, -0.1) is 0 Å².